The average molecular weight is 416 g/mol. The van der Waals surface area contributed by atoms with E-state index in [1.807, 2.05) is 31.2 Å². The molecule has 26 heavy (non-hydrogen) atoms. The largest absolute Gasteiger partial charge is 0.353 e. The molecule has 3 aliphatic heterocycles. The van der Waals surface area contributed by atoms with Crippen molar-refractivity contribution in [1.29, 1.82) is 0 Å². The number of aryl methyl sites for hydroxylation is 1. The molecule has 3 aliphatic rings. The van der Waals surface area contributed by atoms with Crippen molar-refractivity contribution in [2.45, 2.75) is 32.4 Å². The minimum atomic E-state index is 0.0459. The van der Waals surface area contributed by atoms with Crippen molar-refractivity contribution in [1.82, 2.24) is 14.9 Å². The molecular weight excluding hydrogens is 394 g/mol. The van der Waals surface area contributed by atoms with Gasteiger partial charge in [-0.05, 0) is 44.5 Å². The van der Waals surface area contributed by atoms with Crippen LogP contribution >= 0.6 is 15.9 Å². The van der Waals surface area contributed by atoms with E-state index < -0.39 is 0 Å². The molecule has 1 aromatic heterocycles. The van der Waals surface area contributed by atoms with Gasteiger partial charge in [0.2, 0.25) is 5.91 Å². The van der Waals surface area contributed by atoms with E-state index in [0.29, 0.717) is 18.6 Å². The molecule has 2 bridgehead atoms. The molecule has 5 rings (SSSR count). The molecule has 1 aromatic carbocycles. The molecule has 6 nitrogen and oxygen atoms in total. The van der Waals surface area contributed by atoms with Gasteiger partial charge in [0.05, 0.1) is 6.54 Å². The number of piperidine rings is 1. The number of aromatic nitrogens is 2. The van der Waals surface area contributed by atoms with Gasteiger partial charge in [0.15, 0.2) is 0 Å². The lowest BCUT2D eigenvalue weighted by Gasteiger charge is -2.56. The van der Waals surface area contributed by atoms with Gasteiger partial charge in [-0.1, -0.05) is 15.9 Å². The van der Waals surface area contributed by atoms with Crippen LogP contribution in [-0.2, 0) is 4.79 Å². The number of nitrogens with zero attached hydrogens (tertiary/aromatic N) is 4. The highest BCUT2D eigenvalue weighted by Gasteiger charge is 2.45. The Morgan fingerprint density at radius 2 is 1.88 bits per heavy atom. The molecule has 3 saturated heterocycles. The van der Waals surface area contributed by atoms with E-state index in [1.165, 1.54) is 0 Å². The molecule has 0 radical (unpaired) electrons. The van der Waals surface area contributed by atoms with Crippen LogP contribution in [0.2, 0.25) is 0 Å². The number of hydrogen-bond acceptors (Lipinski definition) is 5. The van der Waals surface area contributed by atoms with Crippen LogP contribution in [0.1, 0.15) is 17.7 Å². The lowest BCUT2D eigenvalue weighted by Crippen LogP contribution is -2.70. The summed E-state index contributed by atoms with van der Waals surface area (Å²) < 4.78 is 1.00. The van der Waals surface area contributed by atoms with Crippen molar-refractivity contribution in [3.8, 4) is 0 Å². The third-order valence-corrected chi connectivity index (χ3v) is 5.94. The maximum Gasteiger partial charge on any atom is 0.238 e. The van der Waals surface area contributed by atoms with E-state index >= 15 is 0 Å². The number of amides is 1. The minimum absolute atomic E-state index is 0.0459. The molecule has 0 saturated carbocycles. The van der Waals surface area contributed by atoms with Gasteiger partial charge in [0.25, 0.3) is 0 Å². The molecular formula is C19H22BrN5O. The molecule has 7 heteroatoms. The summed E-state index contributed by atoms with van der Waals surface area (Å²) in [5.74, 6) is 1.08. The lowest BCUT2D eigenvalue weighted by atomic mass is 9.87. The number of benzene rings is 1. The van der Waals surface area contributed by atoms with Crippen LogP contribution in [0.25, 0.3) is 0 Å². The summed E-state index contributed by atoms with van der Waals surface area (Å²) in [5, 5.41) is 2.98. The maximum atomic E-state index is 12.4. The van der Waals surface area contributed by atoms with Crippen molar-refractivity contribution in [2.75, 3.05) is 29.9 Å². The van der Waals surface area contributed by atoms with Crippen molar-refractivity contribution in [3.05, 3.63) is 46.3 Å². The van der Waals surface area contributed by atoms with E-state index in [-0.39, 0.29) is 5.91 Å². The summed E-state index contributed by atoms with van der Waals surface area (Å²) in [7, 11) is 0. The highest BCUT2D eigenvalue weighted by atomic mass is 79.9. The molecule has 1 amide bonds. The first-order chi connectivity index (χ1) is 12.5. The van der Waals surface area contributed by atoms with Crippen LogP contribution in [0.15, 0.2) is 35.1 Å². The highest BCUT2D eigenvalue weighted by molar-refractivity contribution is 9.10. The Kier molecular flexibility index (Phi) is 4.67. The number of carbonyl (C=O) groups excluding carboxylic acids is 1. The Labute approximate surface area is 161 Å². The lowest BCUT2D eigenvalue weighted by molar-refractivity contribution is -0.121. The first-order valence-electron chi connectivity index (χ1n) is 8.85. The van der Waals surface area contributed by atoms with E-state index in [4.69, 9.17) is 0 Å². The van der Waals surface area contributed by atoms with Crippen molar-refractivity contribution >= 4 is 33.3 Å². The van der Waals surface area contributed by atoms with E-state index in [9.17, 15) is 4.79 Å². The maximum absolute atomic E-state index is 12.4. The quantitative estimate of drug-likeness (QED) is 0.831. The number of fused-ring (bicyclic) bond motifs is 2. The van der Waals surface area contributed by atoms with E-state index in [2.05, 4.69) is 47.9 Å². The fourth-order valence-corrected chi connectivity index (χ4v) is 4.13. The van der Waals surface area contributed by atoms with Crippen molar-refractivity contribution < 1.29 is 4.79 Å². The Balaban J connectivity index is 1.36. The third-order valence-electron chi connectivity index (χ3n) is 5.41. The zero-order chi connectivity index (χ0) is 18.3. The van der Waals surface area contributed by atoms with Crippen LogP contribution < -0.4 is 10.2 Å². The Bertz CT molecular complexity index is 813. The van der Waals surface area contributed by atoms with Gasteiger partial charge >= 0.3 is 0 Å². The van der Waals surface area contributed by atoms with E-state index in [0.717, 1.165) is 46.7 Å². The second-order valence-electron chi connectivity index (χ2n) is 7.08. The monoisotopic (exact) mass is 415 g/mol. The van der Waals surface area contributed by atoms with Crippen LogP contribution in [0.4, 0.5) is 11.5 Å². The van der Waals surface area contributed by atoms with Gasteiger partial charge in [0, 0.05) is 46.6 Å². The van der Waals surface area contributed by atoms with Crippen LogP contribution in [-0.4, -0.2) is 52.5 Å². The SMILES string of the molecule is Cc1ncnc(N2CC3CC(C2)N3CC(=O)Nc2ccc(Br)cc2)c1C. The molecule has 2 aromatic rings. The first-order valence-corrected chi connectivity index (χ1v) is 9.65. The summed E-state index contributed by atoms with van der Waals surface area (Å²) in [5.41, 5.74) is 3.01. The Morgan fingerprint density at radius 1 is 1.19 bits per heavy atom. The summed E-state index contributed by atoms with van der Waals surface area (Å²) >= 11 is 3.40. The standard InChI is InChI=1S/C19H22BrN5O/c1-12-13(2)21-11-22-19(12)24-8-16-7-17(9-24)25(16)10-18(26)23-15-5-3-14(20)4-6-15/h3-6,11,16-17H,7-10H2,1-2H3,(H,23,26). The van der Waals surface area contributed by atoms with Crippen molar-refractivity contribution in [3.63, 3.8) is 0 Å². The van der Waals surface area contributed by atoms with Gasteiger partial charge < -0.3 is 10.2 Å². The molecule has 3 fully saturated rings. The normalized spacial score (nSPS) is 22.0. The Hall–Kier alpha value is -1.99. The number of piperazine rings is 1. The number of carbonyl (C=O) groups is 1. The van der Waals surface area contributed by atoms with Gasteiger partial charge in [-0.25, -0.2) is 9.97 Å². The van der Waals surface area contributed by atoms with Gasteiger partial charge in [-0.3, -0.25) is 9.69 Å². The third kappa shape index (κ3) is 3.33. The molecule has 2 atom stereocenters. The van der Waals surface area contributed by atoms with E-state index in [1.54, 1.807) is 6.33 Å². The fraction of sp³-hybridized carbons (Fsp3) is 0.421. The number of anilines is 2. The predicted octanol–water partition coefficient (Wildman–Crippen LogP) is 2.76. The molecule has 1 N–H and O–H groups in total. The highest BCUT2D eigenvalue weighted by Crippen LogP contribution is 2.34. The number of hydrogen-bond donors (Lipinski definition) is 1. The molecule has 4 heterocycles. The summed E-state index contributed by atoms with van der Waals surface area (Å²) in [6.07, 6.45) is 2.80. The number of halogens is 1. The second kappa shape index (κ2) is 6.96. The van der Waals surface area contributed by atoms with Crippen LogP contribution in [0.5, 0.6) is 0 Å². The van der Waals surface area contributed by atoms with Gasteiger partial charge in [0.1, 0.15) is 12.1 Å². The average Bonchev–Trinajstić information content (AvgIpc) is 2.64. The zero-order valence-corrected chi connectivity index (χ0v) is 16.5. The van der Waals surface area contributed by atoms with Gasteiger partial charge in [-0.15, -0.1) is 0 Å². The van der Waals surface area contributed by atoms with Crippen LogP contribution in [0.3, 0.4) is 0 Å². The Morgan fingerprint density at radius 3 is 2.58 bits per heavy atom. The second-order valence-corrected chi connectivity index (χ2v) is 8.00. The van der Waals surface area contributed by atoms with Gasteiger partial charge in [-0.2, -0.15) is 0 Å². The summed E-state index contributed by atoms with van der Waals surface area (Å²) in [4.78, 5) is 25.8. The topological polar surface area (TPSA) is 61.4 Å². The van der Waals surface area contributed by atoms with Crippen molar-refractivity contribution in [2.24, 2.45) is 0 Å². The summed E-state index contributed by atoms with van der Waals surface area (Å²) in [6.45, 7) is 6.37. The molecule has 0 aliphatic carbocycles. The smallest absolute Gasteiger partial charge is 0.238 e. The minimum Gasteiger partial charge on any atom is -0.353 e. The number of nitrogens with one attached hydrogen (secondary N) is 1. The fourth-order valence-electron chi connectivity index (χ4n) is 3.86. The molecule has 2 unspecified atom stereocenters. The predicted molar refractivity (Wildman–Crippen MR) is 105 cm³/mol. The number of rotatable bonds is 4. The zero-order valence-electron chi connectivity index (χ0n) is 14.9. The molecule has 0 spiro atoms. The summed E-state index contributed by atoms with van der Waals surface area (Å²) in [6, 6.07) is 8.50. The first kappa shape index (κ1) is 17.4. The molecule has 136 valence electrons. The van der Waals surface area contributed by atoms with Crippen LogP contribution in [0, 0.1) is 13.8 Å².